The number of nitriles is 1. The van der Waals surface area contributed by atoms with Crippen LogP contribution in [0.2, 0.25) is 0 Å². The molecule has 0 saturated heterocycles. The monoisotopic (exact) mass is 538 g/mol. The summed E-state index contributed by atoms with van der Waals surface area (Å²) in [6.45, 7) is 4.43. The molecule has 1 saturated carbocycles. The highest BCUT2D eigenvalue weighted by molar-refractivity contribution is 5.43. The Labute approximate surface area is 221 Å². The van der Waals surface area contributed by atoms with Crippen molar-refractivity contribution in [3.8, 4) is 6.07 Å². The number of rotatable bonds is 11. The van der Waals surface area contributed by atoms with Crippen molar-refractivity contribution in [2.24, 2.45) is 5.92 Å². The summed E-state index contributed by atoms with van der Waals surface area (Å²) in [6, 6.07) is 14.6. The molecule has 0 amide bonds. The van der Waals surface area contributed by atoms with E-state index in [1.165, 1.54) is 5.56 Å². The van der Waals surface area contributed by atoms with Crippen molar-refractivity contribution in [3.63, 3.8) is 0 Å². The summed E-state index contributed by atoms with van der Waals surface area (Å²) >= 11 is 0. The average Bonchev–Trinajstić information content (AvgIpc) is 2.89. The largest absolute Gasteiger partial charge is 0.417 e. The number of hydrogen-bond acceptors (Lipinski definition) is 2. The van der Waals surface area contributed by atoms with E-state index >= 15 is 0 Å². The Morgan fingerprint density at radius 1 is 0.842 bits per heavy atom. The van der Waals surface area contributed by atoms with Crippen LogP contribution in [0.4, 0.5) is 26.3 Å². The van der Waals surface area contributed by atoms with Gasteiger partial charge in [0.05, 0.1) is 22.6 Å². The Kier molecular flexibility index (Phi) is 10.3. The molecule has 2 aromatic rings. The summed E-state index contributed by atoms with van der Waals surface area (Å²) in [6.07, 6.45) is -3.56. The van der Waals surface area contributed by atoms with E-state index in [4.69, 9.17) is 0 Å². The van der Waals surface area contributed by atoms with Crippen LogP contribution >= 0.6 is 0 Å². The molecule has 1 aliphatic rings. The van der Waals surface area contributed by atoms with Crippen LogP contribution in [0.3, 0.4) is 0 Å². The predicted molar refractivity (Wildman–Crippen MR) is 136 cm³/mol. The predicted octanol–water partition coefficient (Wildman–Crippen LogP) is 8.80. The molecule has 0 radical (unpaired) electrons. The maximum Gasteiger partial charge on any atom is 0.417 e. The number of nitrogens with zero attached hydrogens (tertiary/aromatic N) is 2. The molecule has 208 valence electrons. The van der Waals surface area contributed by atoms with Crippen molar-refractivity contribution in [1.82, 2.24) is 4.90 Å². The smallest absolute Gasteiger partial charge is 0.303 e. The molecule has 1 atom stereocenters. The first-order valence-electron chi connectivity index (χ1n) is 13.5. The minimum atomic E-state index is -5.18. The molecule has 0 aromatic heterocycles. The number of benzene rings is 2. The first-order valence-corrected chi connectivity index (χ1v) is 13.5. The first kappa shape index (κ1) is 30.0. The average molecular weight is 539 g/mol. The van der Waals surface area contributed by atoms with Crippen LogP contribution < -0.4 is 0 Å². The molecule has 3 rings (SSSR count). The molecule has 0 bridgehead atoms. The Morgan fingerprint density at radius 3 is 2.08 bits per heavy atom. The lowest BCUT2D eigenvalue weighted by molar-refractivity contribution is -0.162. The minimum absolute atomic E-state index is 0.0542. The lowest BCUT2D eigenvalue weighted by Crippen LogP contribution is -2.37. The van der Waals surface area contributed by atoms with Crippen LogP contribution in [0, 0.1) is 17.2 Å². The van der Waals surface area contributed by atoms with Gasteiger partial charge >= 0.3 is 12.4 Å². The molecule has 0 heterocycles. The van der Waals surface area contributed by atoms with E-state index in [2.05, 4.69) is 30.0 Å². The van der Waals surface area contributed by atoms with Gasteiger partial charge < -0.3 is 4.90 Å². The fourth-order valence-electron chi connectivity index (χ4n) is 5.86. The number of halogens is 6. The molecular weight excluding hydrogens is 502 g/mol. The molecule has 38 heavy (non-hydrogen) atoms. The van der Waals surface area contributed by atoms with E-state index < -0.39 is 28.9 Å². The molecule has 0 aliphatic heterocycles. The van der Waals surface area contributed by atoms with Gasteiger partial charge in [-0.1, -0.05) is 62.6 Å². The van der Waals surface area contributed by atoms with Gasteiger partial charge in [-0.3, -0.25) is 0 Å². The van der Waals surface area contributed by atoms with Crippen LogP contribution in [0.25, 0.3) is 0 Å². The third kappa shape index (κ3) is 7.53. The van der Waals surface area contributed by atoms with E-state index in [0.29, 0.717) is 44.4 Å². The van der Waals surface area contributed by atoms with E-state index in [9.17, 15) is 31.6 Å². The summed E-state index contributed by atoms with van der Waals surface area (Å²) in [4.78, 5) is 2.30. The summed E-state index contributed by atoms with van der Waals surface area (Å²) < 4.78 is 81.6. The molecule has 1 aliphatic carbocycles. The highest BCUT2D eigenvalue weighted by atomic mass is 19.4. The van der Waals surface area contributed by atoms with Crippen molar-refractivity contribution in [3.05, 3.63) is 70.8 Å². The summed E-state index contributed by atoms with van der Waals surface area (Å²) in [5.41, 5.74) is -3.42. The highest BCUT2D eigenvalue weighted by Gasteiger charge is 2.46. The fraction of sp³-hybridized carbons (Fsp3) is 0.567. The molecule has 2 aromatic carbocycles. The van der Waals surface area contributed by atoms with E-state index in [-0.39, 0.29) is 11.5 Å². The maximum atomic E-state index is 13.8. The molecule has 0 spiro atoms. The van der Waals surface area contributed by atoms with Gasteiger partial charge in [0.2, 0.25) is 0 Å². The zero-order valence-corrected chi connectivity index (χ0v) is 21.8. The lowest BCUT2D eigenvalue weighted by atomic mass is 9.63. The molecule has 1 fully saturated rings. The van der Waals surface area contributed by atoms with Crippen LogP contribution in [0.5, 0.6) is 0 Å². The number of hydrogen-bond donors (Lipinski definition) is 0. The Morgan fingerprint density at radius 2 is 1.50 bits per heavy atom. The Bertz CT molecular complexity index is 1050. The normalized spacial score (nSPS) is 16.8. The summed E-state index contributed by atoms with van der Waals surface area (Å²) in [5, 5.41) is 10.5. The van der Waals surface area contributed by atoms with Crippen LogP contribution in [0.15, 0.2) is 48.5 Å². The molecule has 8 heteroatoms. The van der Waals surface area contributed by atoms with Gasteiger partial charge in [-0.2, -0.15) is 31.6 Å². The van der Waals surface area contributed by atoms with Gasteiger partial charge in [0.15, 0.2) is 0 Å². The molecular formula is C30H36F6N2. The van der Waals surface area contributed by atoms with Gasteiger partial charge in [-0.05, 0) is 80.8 Å². The van der Waals surface area contributed by atoms with Gasteiger partial charge in [-0.25, -0.2) is 0 Å². The van der Waals surface area contributed by atoms with Crippen molar-refractivity contribution < 1.29 is 26.3 Å². The van der Waals surface area contributed by atoms with Crippen molar-refractivity contribution in [1.29, 1.82) is 5.26 Å². The second-order valence-corrected chi connectivity index (χ2v) is 10.4. The zero-order valence-electron chi connectivity index (χ0n) is 21.8. The van der Waals surface area contributed by atoms with E-state index in [1.54, 1.807) is 0 Å². The van der Waals surface area contributed by atoms with Crippen molar-refractivity contribution in [2.75, 3.05) is 19.6 Å². The quantitative estimate of drug-likeness (QED) is 0.267. The van der Waals surface area contributed by atoms with Crippen LogP contribution in [-0.4, -0.2) is 24.5 Å². The first-order chi connectivity index (χ1) is 18.0. The maximum absolute atomic E-state index is 13.8. The highest BCUT2D eigenvalue weighted by Crippen LogP contribution is 2.47. The van der Waals surface area contributed by atoms with Crippen LogP contribution in [0.1, 0.15) is 80.5 Å². The second kappa shape index (κ2) is 13.0. The molecule has 0 N–H and O–H groups in total. The topological polar surface area (TPSA) is 27.0 Å². The van der Waals surface area contributed by atoms with Crippen LogP contribution in [-0.2, 0) is 24.2 Å². The summed E-state index contributed by atoms with van der Waals surface area (Å²) in [7, 11) is 0. The van der Waals surface area contributed by atoms with Gasteiger partial charge in [0, 0.05) is 6.54 Å². The summed E-state index contributed by atoms with van der Waals surface area (Å²) in [5.74, 6) is -0.192. The molecule has 2 nitrogen and oxygen atoms in total. The SMILES string of the molecule is CCCN(CCCC(C#N)(c1ccc(C(F)(F)F)c(C(F)(F)F)c1)C1CCCCC1)CCc1ccccc1. The van der Waals surface area contributed by atoms with E-state index in [1.807, 2.05) is 18.2 Å². The third-order valence-electron chi connectivity index (χ3n) is 7.79. The standard InChI is InChI=1S/C30H36F6N2/c1-2-18-38(20-16-23-10-5-3-6-11-23)19-9-17-28(22-37,24-12-7-4-8-13-24)25-14-15-26(29(31,32)33)27(21-25)30(34,35)36/h3,5-6,10-11,14-15,21,24H,2,4,7-9,12-13,16-20H2,1H3. The lowest BCUT2D eigenvalue weighted by Gasteiger charge is -2.39. The zero-order chi connectivity index (χ0) is 27.8. The second-order valence-electron chi connectivity index (χ2n) is 10.4. The van der Waals surface area contributed by atoms with Crippen molar-refractivity contribution >= 4 is 0 Å². The van der Waals surface area contributed by atoms with Gasteiger partial charge in [0.25, 0.3) is 0 Å². The number of alkyl halides is 6. The Hall–Kier alpha value is -2.53. The van der Waals surface area contributed by atoms with E-state index in [0.717, 1.165) is 51.3 Å². The fourth-order valence-corrected chi connectivity index (χ4v) is 5.86. The Balaban J connectivity index is 1.88. The van der Waals surface area contributed by atoms with Gasteiger partial charge in [0.1, 0.15) is 0 Å². The minimum Gasteiger partial charge on any atom is -0.303 e. The van der Waals surface area contributed by atoms with Crippen molar-refractivity contribution in [2.45, 2.75) is 82.5 Å². The van der Waals surface area contributed by atoms with Gasteiger partial charge in [-0.15, -0.1) is 0 Å². The molecule has 1 unspecified atom stereocenters. The third-order valence-corrected chi connectivity index (χ3v) is 7.79.